The van der Waals surface area contributed by atoms with Gasteiger partial charge in [-0.2, -0.15) is 0 Å². The molecule has 1 atom stereocenters. The van der Waals surface area contributed by atoms with Crippen molar-refractivity contribution in [1.29, 1.82) is 0 Å². The van der Waals surface area contributed by atoms with Crippen molar-refractivity contribution in [2.24, 2.45) is 11.3 Å². The minimum Gasteiger partial charge on any atom is -0.394 e. The first-order chi connectivity index (χ1) is 10.1. The summed E-state index contributed by atoms with van der Waals surface area (Å²) in [5.41, 5.74) is -0.286. The van der Waals surface area contributed by atoms with Crippen LogP contribution in [0, 0.1) is 11.3 Å². The van der Waals surface area contributed by atoms with E-state index in [4.69, 9.17) is 9.84 Å². The zero-order valence-corrected chi connectivity index (χ0v) is 13.4. The maximum Gasteiger partial charge on any atom is 0.228 e. The van der Waals surface area contributed by atoms with Gasteiger partial charge in [-0.3, -0.25) is 4.79 Å². The van der Waals surface area contributed by atoms with Gasteiger partial charge in [-0.1, -0.05) is 13.8 Å². The summed E-state index contributed by atoms with van der Waals surface area (Å²) in [6.45, 7) is 8.25. The number of hydrogen-bond acceptors (Lipinski definition) is 4. The van der Waals surface area contributed by atoms with Crippen LogP contribution in [0.3, 0.4) is 0 Å². The first-order valence-corrected chi connectivity index (χ1v) is 8.28. The lowest BCUT2D eigenvalue weighted by molar-refractivity contribution is -0.146. The Labute approximate surface area is 128 Å². The molecule has 5 heteroatoms. The summed E-state index contributed by atoms with van der Waals surface area (Å²) in [4.78, 5) is 14.9. The number of likely N-dealkylation sites (tertiary alicyclic amines) is 1. The number of piperidine rings is 2. The molecule has 1 amide bonds. The fourth-order valence-corrected chi connectivity index (χ4v) is 3.49. The van der Waals surface area contributed by atoms with E-state index < -0.39 is 0 Å². The first kappa shape index (κ1) is 16.7. The summed E-state index contributed by atoms with van der Waals surface area (Å²) in [5.74, 6) is 0.721. The lowest BCUT2D eigenvalue weighted by Crippen LogP contribution is -2.51. The molecule has 21 heavy (non-hydrogen) atoms. The second kappa shape index (κ2) is 7.56. The predicted molar refractivity (Wildman–Crippen MR) is 82.0 cm³/mol. The molecule has 2 aliphatic heterocycles. The third kappa shape index (κ3) is 4.18. The zero-order chi connectivity index (χ0) is 15.3. The Morgan fingerprint density at radius 2 is 2.05 bits per heavy atom. The summed E-state index contributed by atoms with van der Waals surface area (Å²) in [5, 5.41) is 12.2. The van der Waals surface area contributed by atoms with Crippen molar-refractivity contribution in [1.82, 2.24) is 10.2 Å². The number of aliphatic hydroxyl groups is 1. The van der Waals surface area contributed by atoms with Crippen LogP contribution in [0.4, 0.5) is 0 Å². The van der Waals surface area contributed by atoms with Gasteiger partial charge in [0.1, 0.15) is 0 Å². The van der Waals surface area contributed by atoms with Gasteiger partial charge in [-0.05, 0) is 44.7 Å². The quantitative estimate of drug-likeness (QED) is 0.795. The van der Waals surface area contributed by atoms with Gasteiger partial charge in [0.2, 0.25) is 5.91 Å². The van der Waals surface area contributed by atoms with Gasteiger partial charge >= 0.3 is 0 Å². The number of aliphatic hydroxyl groups excluding tert-OH is 1. The number of rotatable bonds is 5. The molecule has 2 heterocycles. The summed E-state index contributed by atoms with van der Waals surface area (Å²) in [6, 6.07) is 0. The summed E-state index contributed by atoms with van der Waals surface area (Å²) >= 11 is 0. The van der Waals surface area contributed by atoms with Crippen LogP contribution in [0.15, 0.2) is 0 Å². The standard InChI is InChI=1S/C16H30N2O3/c1-16(2,13-4-3-7-17-12-13)15(20)18-8-5-14(6-9-18)21-11-10-19/h13-14,17,19H,3-12H2,1-2H3. The predicted octanol–water partition coefficient (Wildman–Crippen LogP) is 1.01. The van der Waals surface area contributed by atoms with E-state index in [-0.39, 0.29) is 24.0 Å². The second-order valence-corrected chi connectivity index (χ2v) is 6.85. The number of carbonyl (C=O) groups excluding carboxylic acids is 1. The SMILES string of the molecule is CC(C)(C(=O)N1CCC(OCCO)CC1)C1CCCNC1. The molecule has 0 aromatic carbocycles. The molecule has 0 aromatic rings. The monoisotopic (exact) mass is 298 g/mol. The van der Waals surface area contributed by atoms with Crippen LogP contribution in [0.2, 0.25) is 0 Å². The van der Waals surface area contributed by atoms with Crippen LogP contribution in [0.25, 0.3) is 0 Å². The highest BCUT2D eigenvalue weighted by molar-refractivity contribution is 5.82. The molecule has 2 aliphatic rings. The van der Waals surface area contributed by atoms with Gasteiger partial charge in [-0.15, -0.1) is 0 Å². The molecule has 0 bridgehead atoms. The van der Waals surface area contributed by atoms with E-state index in [0.717, 1.165) is 45.4 Å². The molecule has 2 saturated heterocycles. The molecule has 2 rings (SSSR count). The lowest BCUT2D eigenvalue weighted by Gasteiger charge is -2.41. The minimum absolute atomic E-state index is 0.0703. The van der Waals surface area contributed by atoms with Gasteiger partial charge in [0, 0.05) is 18.5 Å². The highest BCUT2D eigenvalue weighted by Gasteiger charge is 2.40. The third-order valence-electron chi connectivity index (χ3n) is 5.04. The molecule has 5 nitrogen and oxygen atoms in total. The van der Waals surface area contributed by atoms with E-state index in [1.165, 1.54) is 6.42 Å². The molecule has 0 aliphatic carbocycles. The van der Waals surface area contributed by atoms with Gasteiger partial charge in [0.05, 0.1) is 19.3 Å². The van der Waals surface area contributed by atoms with Gasteiger partial charge < -0.3 is 20.1 Å². The Hall–Kier alpha value is -0.650. The van der Waals surface area contributed by atoms with Crippen molar-refractivity contribution < 1.29 is 14.6 Å². The lowest BCUT2D eigenvalue weighted by atomic mass is 9.73. The maximum atomic E-state index is 12.9. The smallest absolute Gasteiger partial charge is 0.228 e. The van der Waals surface area contributed by atoms with E-state index in [2.05, 4.69) is 19.2 Å². The van der Waals surface area contributed by atoms with Crippen molar-refractivity contribution in [3.8, 4) is 0 Å². The zero-order valence-electron chi connectivity index (χ0n) is 13.4. The molecule has 2 N–H and O–H groups in total. The Balaban J connectivity index is 1.85. The number of hydrogen-bond donors (Lipinski definition) is 2. The molecule has 0 radical (unpaired) electrons. The van der Waals surface area contributed by atoms with Crippen LogP contribution >= 0.6 is 0 Å². The highest BCUT2D eigenvalue weighted by atomic mass is 16.5. The average molecular weight is 298 g/mol. The first-order valence-electron chi connectivity index (χ1n) is 8.28. The largest absolute Gasteiger partial charge is 0.394 e. The Kier molecular flexibility index (Phi) is 6.02. The second-order valence-electron chi connectivity index (χ2n) is 6.85. The maximum absolute atomic E-state index is 12.9. The van der Waals surface area contributed by atoms with E-state index in [1.54, 1.807) is 0 Å². The van der Waals surface area contributed by atoms with Crippen LogP contribution < -0.4 is 5.32 Å². The topological polar surface area (TPSA) is 61.8 Å². The molecule has 0 spiro atoms. The van der Waals surface area contributed by atoms with E-state index >= 15 is 0 Å². The molecular formula is C16H30N2O3. The van der Waals surface area contributed by atoms with Crippen molar-refractivity contribution in [3.63, 3.8) is 0 Å². The van der Waals surface area contributed by atoms with Crippen LogP contribution in [0.1, 0.15) is 39.5 Å². The molecule has 1 unspecified atom stereocenters. The van der Waals surface area contributed by atoms with Gasteiger partial charge in [0.15, 0.2) is 0 Å². The van der Waals surface area contributed by atoms with Crippen LogP contribution in [0.5, 0.6) is 0 Å². The minimum atomic E-state index is -0.286. The fourth-order valence-electron chi connectivity index (χ4n) is 3.49. The average Bonchev–Trinajstić information content (AvgIpc) is 2.53. The summed E-state index contributed by atoms with van der Waals surface area (Å²) in [6.07, 6.45) is 4.26. The number of nitrogens with zero attached hydrogens (tertiary/aromatic N) is 1. The van der Waals surface area contributed by atoms with Crippen molar-refractivity contribution in [2.75, 3.05) is 39.4 Å². The highest BCUT2D eigenvalue weighted by Crippen LogP contribution is 2.34. The number of nitrogens with one attached hydrogen (secondary N) is 1. The summed E-state index contributed by atoms with van der Waals surface area (Å²) < 4.78 is 5.56. The van der Waals surface area contributed by atoms with Crippen molar-refractivity contribution >= 4 is 5.91 Å². The van der Waals surface area contributed by atoms with Gasteiger partial charge in [0.25, 0.3) is 0 Å². The Bertz CT molecular complexity index is 332. The Morgan fingerprint density at radius 3 is 2.62 bits per heavy atom. The van der Waals surface area contributed by atoms with Crippen LogP contribution in [-0.4, -0.2) is 61.4 Å². The molecule has 122 valence electrons. The van der Waals surface area contributed by atoms with Crippen molar-refractivity contribution in [2.45, 2.75) is 45.6 Å². The van der Waals surface area contributed by atoms with E-state index in [9.17, 15) is 4.79 Å². The number of amides is 1. The third-order valence-corrected chi connectivity index (χ3v) is 5.04. The molecular weight excluding hydrogens is 268 g/mol. The number of carbonyl (C=O) groups is 1. The van der Waals surface area contributed by atoms with Crippen molar-refractivity contribution in [3.05, 3.63) is 0 Å². The van der Waals surface area contributed by atoms with Gasteiger partial charge in [-0.25, -0.2) is 0 Å². The molecule has 0 saturated carbocycles. The Morgan fingerprint density at radius 1 is 1.33 bits per heavy atom. The fraction of sp³-hybridized carbons (Fsp3) is 0.938. The number of ether oxygens (including phenoxy) is 1. The molecule has 2 fully saturated rings. The normalized spacial score (nSPS) is 25.1. The van der Waals surface area contributed by atoms with E-state index in [0.29, 0.717) is 12.5 Å². The molecule has 0 aromatic heterocycles. The van der Waals surface area contributed by atoms with Crippen LogP contribution in [-0.2, 0) is 9.53 Å². The van der Waals surface area contributed by atoms with E-state index in [1.807, 2.05) is 4.90 Å². The summed E-state index contributed by atoms with van der Waals surface area (Å²) in [7, 11) is 0.